The number of ether oxygens (including phenoxy) is 2. The molecule has 0 spiro atoms. The molecule has 0 radical (unpaired) electrons. The fourth-order valence-corrected chi connectivity index (χ4v) is 5.01. The Bertz CT molecular complexity index is 1300. The number of hydrogen-bond donors (Lipinski definition) is 3. The van der Waals surface area contributed by atoms with Crippen molar-refractivity contribution in [2.45, 2.75) is 57.5 Å². The molecule has 0 aliphatic carbocycles. The number of aliphatic hydroxyl groups excluding tert-OH is 1. The molecular weight excluding hydrogens is 530 g/mol. The van der Waals surface area contributed by atoms with E-state index in [1.807, 2.05) is 92.0 Å². The molecule has 1 aliphatic heterocycles. The molecule has 1 aliphatic rings. The average molecular weight is 572 g/mol. The summed E-state index contributed by atoms with van der Waals surface area (Å²) in [5, 5.41) is 15.1. The third kappa shape index (κ3) is 9.09. The summed E-state index contributed by atoms with van der Waals surface area (Å²) in [6.45, 7) is 7.12. The molecule has 3 aromatic rings. The minimum absolute atomic E-state index is 0.000372. The van der Waals surface area contributed by atoms with E-state index in [0.717, 1.165) is 40.9 Å². The van der Waals surface area contributed by atoms with Crippen LogP contribution in [0.4, 0.5) is 4.79 Å². The molecule has 0 saturated carbocycles. The maximum Gasteiger partial charge on any atom is 0.315 e. The maximum atomic E-state index is 12.6. The molecule has 2 amide bonds. The number of carbonyl (C=O) groups excluding carboxylic acids is 2. The van der Waals surface area contributed by atoms with E-state index < -0.39 is 18.4 Å². The van der Waals surface area contributed by atoms with Gasteiger partial charge >= 0.3 is 6.03 Å². The number of aliphatic hydroxyl groups is 1. The van der Waals surface area contributed by atoms with Crippen molar-refractivity contribution in [3.8, 4) is 0 Å². The molecule has 1 unspecified atom stereocenters. The number of carbonyl (C=O) groups is 2. The van der Waals surface area contributed by atoms with E-state index >= 15 is 0 Å². The van der Waals surface area contributed by atoms with Crippen LogP contribution in [0, 0.1) is 0 Å². The molecule has 4 rings (SSSR count). The monoisotopic (exact) mass is 571 g/mol. The lowest BCUT2D eigenvalue weighted by atomic mass is 9.99. The highest BCUT2D eigenvalue weighted by atomic mass is 16.7. The zero-order valence-corrected chi connectivity index (χ0v) is 24.4. The van der Waals surface area contributed by atoms with Gasteiger partial charge in [0.1, 0.15) is 0 Å². The number of likely N-dealkylation sites (N-methyl/N-ethyl adjacent to an activating group) is 1. The maximum absolute atomic E-state index is 12.6. The highest BCUT2D eigenvalue weighted by Crippen LogP contribution is 2.38. The fraction of sp³-hybridized carbons (Fsp3) is 0.353. The van der Waals surface area contributed by atoms with Crippen molar-refractivity contribution in [3.05, 3.63) is 119 Å². The van der Waals surface area contributed by atoms with Gasteiger partial charge in [-0.3, -0.25) is 4.79 Å². The molecule has 3 aromatic carbocycles. The number of Topliss-reactive ketones (excluding diaryl/α,β-unsaturated/α-hetero) is 1. The summed E-state index contributed by atoms with van der Waals surface area (Å²) in [5.41, 5.74) is 4.68. The Kier molecular flexibility index (Phi) is 11.4. The lowest BCUT2D eigenvalue weighted by Crippen LogP contribution is -2.46. The van der Waals surface area contributed by atoms with Crippen molar-refractivity contribution in [2.75, 3.05) is 20.1 Å². The first-order valence-electron chi connectivity index (χ1n) is 14.3. The summed E-state index contributed by atoms with van der Waals surface area (Å²) >= 11 is 0. The summed E-state index contributed by atoms with van der Waals surface area (Å²) < 4.78 is 12.8. The van der Waals surface area contributed by atoms with Crippen LogP contribution in [0.15, 0.2) is 91.5 Å². The first-order chi connectivity index (χ1) is 20.3. The molecule has 0 aromatic heterocycles. The molecule has 1 fully saturated rings. The van der Waals surface area contributed by atoms with Gasteiger partial charge in [-0.15, -0.1) is 6.58 Å². The normalized spacial score (nSPS) is 19.2. The predicted octanol–water partition coefficient (Wildman–Crippen LogP) is 4.84. The zero-order chi connectivity index (χ0) is 29.9. The fourth-order valence-electron chi connectivity index (χ4n) is 5.01. The van der Waals surface area contributed by atoms with Crippen molar-refractivity contribution in [1.29, 1.82) is 0 Å². The van der Waals surface area contributed by atoms with Crippen molar-refractivity contribution in [1.82, 2.24) is 15.5 Å². The Labute approximate surface area is 248 Å². The second-order valence-electron chi connectivity index (χ2n) is 10.8. The Balaban J connectivity index is 1.37. The van der Waals surface area contributed by atoms with Crippen LogP contribution in [0.2, 0.25) is 0 Å². The Morgan fingerprint density at radius 1 is 0.976 bits per heavy atom. The molecule has 42 heavy (non-hydrogen) atoms. The molecule has 1 heterocycles. The highest BCUT2D eigenvalue weighted by molar-refractivity contribution is 5.87. The van der Waals surface area contributed by atoms with Gasteiger partial charge < -0.3 is 30.1 Å². The lowest BCUT2D eigenvalue weighted by Gasteiger charge is -2.37. The van der Waals surface area contributed by atoms with Crippen molar-refractivity contribution < 1.29 is 24.2 Å². The zero-order valence-electron chi connectivity index (χ0n) is 24.4. The van der Waals surface area contributed by atoms with Crippen LogP contribution < -0.4 is 10.6 Å². The quantitative estimate of drug-likeness (QED) is 0.254. The SMILES string of the molecule is C=CCN(C)C[C@@H]1C[C@H](c2ccc(CO)cc2)OC(c2ccc(CNC(=O)N[C@H](Cc3ccccc3)C(C)=O)cc2)O1. The van der Waals surface area contributed by atoms with Gasteiger partial charge in [0, 0.05) is 31.6 Å². The Hall–Kier alpha value is -3.82. The van der Waals surface area contributed by atoms with E-state index in [1.165, 1.54) is 6.92 Å². The van der Waals surface area contributed by atoms with E-state index in [2.05, 4.69) is 22.1 Å². The number of ketones is 1. The van der Waals surface area contributed by atoms with Gasteiger partial charge in [-0.1, -0.05) is 84.9 Å². The number of urea groups is 1. The van der Waals surface area contributed by atoms with Crippen molar-refractivity contribution in [2.24, 2.45) is 0 Å². The van der Waals surface area contributed by atoms with Crippen LogP contribution >= 0.6 is 0 Å². The highest BCUT2D eigenvalue weighted by Gasteiger charge is 2.32. The molecule has 0 bridgehead atoms. The first kappa shape index (κ1) is 31.1. The Morgan fingerprint density at radius 2 is 1.64 bits per heavy atom. The number of nitrogens with one attached hydrogen (secondary N) is 2. The van der Waals surface area contributed by atoms with Gasteiger partial charge in [-0.05, 0) is 42.6 Å². The van der Waals surface area contributed by atoms with Crippen LogP contribution in [0.3, 0.4) is 0 Å². The number of rotatable bonds is 13. The molecule has 1 saturated heterocycles. The number of nitrogens with zero attached hydrogens (tertiary/aromatic N) is 1. The lowest BCUT2D eigenvalue weighted by molar-refractivity contribution is -0.252. The van der Waals surface area contributed by atoms with Gasteiger partial charge in [-0.25, -0.2) is 4.79 Å². The van der Waals surface area contributed by atoms with Crippen molar-refractivity contribution >= 4 is 11.8 Å². The Morgan fingerprint density at radius 3 is 2.29 bits per heavy atom. The van der Waals surface area contributed by atoms with Gasteiger partial charge in [0.05, 0.1) is 24.9 Å². The van der Waals surface area contributed by atoms with Gasteiger partial charge in [0.25, 0.3) is 0 Å². The third-order valence-corrected chi connectivity index (χ3v) is 7.35. The number of amides is 2. The summed E-state index contributed by atoms with van der Waals surface area (Å²) in [4.78, 5) is 26.9. The molecule has 3 N–H and O–H groups in total. The smallest absolute Gasteiger partial charge is 0.315 e. The van der Waals surface area contributed by atoms with Gasteiger partial charge in [-0.2, -0.15) is 0 Å². The first-order valence-corrected chi connectivity index (χ1v) is 14.3. The van der Waals surface area contributed by atoms with E-state index in [4.69, 9.17) is 9.47 Å². The predicted molar refractivity (Wildman–Crippen MR) is 163 cm³/mol. The number of benzene rings is 3. The van der Waals surface area contributed by atoms with E-state index in [-0.39, 0.29) is 24.6 Å². The molecule has 222 valence electrons. The van der Waals surface area contributed by atoms with E-state index in [0.29, 0.717) is 19.4 Å². The average Bonchev–Trinajstić information content (AvgIpc) is 3.00. The van der Waals surface area contributed by atoms with Crippen LogP contribution in [0.1, 0.15) is 53.6 Å². The van der Waals surface area contributed by atoms with Crippen LogP contribution in [0.25, 0.3) is 0 Å². The molecular formula is C34H41N3O5. The van der Waals surface area contributed by atoms with Gasteiger partial charge in [0.2, 0.25) is 0 Å². The summed E-state index contributed by atoms with van der Waals surface area (Å²) in [7, 11) is 2.04. The van der Waals surface area contributed by atoms with Gasteiger partial charge in [0.15, 0.2) is 12.1 Å². The standard InChI is InChI=1S/C34H41N3O5/c1-4-18-37(3)22-30-20-32(28-14-12-27(23-38)13-15-28)42-33(41-30)29-16-10-26(11-17-29)21-35-34(40)36-31(24(2)39)19-25-8-6-5-7-9-25/h4-17,30-33,38H,1,18-23H2,2-3H3,(H2,35,36,40)/t30-,31+,32+,33?/m0/s1. The third-order valence-electron chi connectivity index (χ3n) is 7.35. The van der Waals surface area contributed by atoms with Crippen LogP contribution in [-0.4, -0.2) is 54.1 Å². The van der Waals surface area contributed by atoms with Crippen molar-refractivity contribution in [3.63, 3.8) is 0 Å². The largest absolute Gasteiger partial charge is 0.392 e. The summed E-state index contributed by atoms with van der Waals surface area (Å²) in [6.07, 6.45) is 2.26. The number of hydrogen-bond acceptors (Lipinski definition) is 6. The van der Waals surface area contributed by atoms with E-state index in [1.54, 1.807) is 0 Å². The van der Waals surface area contributed by atoms with Crippen LogP contribution in [0.5, 0.6) is 0 Å². The minimum Gasteiger partial charge on any atom is -0.392 e. The summed E-state index contributed by atoms with van der Waals surface area (Å²) in [5.74, 6) is -0.0949. The second kappa shape index (κ2) is 15.4. The minimum atomic E-state index is -0.596. The second-order valence-corrected chi connectivity index (χ2v) is 10.8. The van der Waals surface area contributed by atoms with E-state index in [9.17, 15) is 14.7 Å². The molecule has 8 heteroatoms. The molecule has 4 atom stereocenters. The summed E-state index contributed by atoms with van der Waals surface area (Å²) in [6, 6.07) is 24.2. The van der Waals surface area contributed by atoms with Crippen LogP contribution in [-0.2, 0) is 33.8 Å². The topological polar surface area (TPSA) is 100 Å². The molecule has 8 nitrogen and oxygen atoms in total.